The van der Waals surface area contributed by atoms with Gasteiger partial charge in [0.2, 0.25) is 0 Å². The summed E-state index contributed by atoms with van der Waals surface area (Å²) < 4.78 is 16.5. The van der Waals surface area contributed by atoms with Crippen LogP contribution in [0.25, 0.3) is 0 Å². The van der Waals surface area contributed by atoms with Gasteiger partial charge in [0, 0.05) is 38.3 Å². The Morgan fingerprint density at radius 2 is 1.82 bits per heavy atom. The van der Waals surface area contributed by atoms with Crippen molar-refractivity contribution in [1.29, 1.82) is 0 Å². The number of hydrogen-bond acceptors (Lipinski definition) is 5. The predicted octanol–water partition coefficient (Wildman–Crippen LogP) is 3.37. The van der Waals surface area contributed by atoms with Gasteiger partial charge in [0.1, 0.15) is 5.60 Å². The molecule has 8 nitrogen and oxygen atoms in total. The Morgan fingerprint density at radius 3 is 2.50 bits per heavy atom. The van der Waals surface area contributed by atoms with Crippen molar-refractivity contribution in [2.45, 2.75) is 39.2 Å². The zero-order chi connectivity index (χ0) is 19.7. The second-order valence-corrected chi connectivity index (χ2v) is 7.12. The molecule has 2 rings (SSSR count). The van der Waals surface area contributed by atoms with E-state index in [0.717, 1.165) is 30.0 Å². The van der Waals surface area contributed by atoms with Crippen LogP contribution in [0.2, 0.25) is 0 Å². The van der Waals surface area contributed by atoms with Crippen LogP contribution >= 0.6 is 24.0 Å². The third-order valence-electron chi connectivity index (χ3n) is 3.55. The summed E-state index contributed by atoms with van der Waals surface area (Å²) in [6.45, 7) is 7.99. The Morgan fingerprint density at radius 1 is 1.14 bits per heavy atom. The van der Waals surface area contributed by atoms with Crippen LogP contribution in [0.15, 0.2) is 23.2 Å². The Balaban J connectivity index is 0.00000392. The average Bonchev–Trinajstić information content (AvgIpc) is 2.83. The molecule has 0 aliphatic carbocycles. The van der Waals surface area contributed by atoms with E-state index in [9.17, 15) is 4.79 Å². The zero-order valence-electron chi connectivity index (χ0n) is 17.0. The molecule has 3 N–H and O–H groups in total. The van der Waals surface area contributed by atoms with Crippen LogP contribution in [0.1, 0.15) is 33.6 Å². The Bertz CT molecular complexity index is 662. The lowest BCUT2D eigenvalue weighted by atomic mass is 10.2. The number of hydrogen-bond donors (Lipinski definition) is 3. The van der Waals surface area contributed by atoms with Crippen LogP contribution in [0.4, 0.5) is 10.5 Å². The van der Waals surface area contributed by atoms with Gasteiger partial charge >= 0.3 is 6.09 Å². The first kappa shape index (κ1) is 24.1. The number of rotatable bonds is 5. The maximum absolute atomic E-state index is 11.6. The number of guanidine groups is 1. The summed E-state index contributed by atoms with van der Waals surface area (Å²) in [5.74, 6) is 2.13. The van der Waals surface area contributed by atoms with E-state index >= 15 is 0 Å². The second-order valence-electron chi connectivity index (χ2n) is 7.12. The maximum atomic E-state index is 11.6. The molecule has 1 amide bonds. The number of anilines is 1. The molecule has 0 atom stereocenters. The Labute approximate surface area is 183 Å². The van der Waals surface area contributed by atoms with E-state index in [1.165, 1.54) is 0 Å². The number of nitrogens with zero attached hydrogens (tertiary/aromatic N) is 1. The van der Waals surface area contributed by atoms with Crippen molar-refractivity contribution in [3.05, 3.63) is 18.2 Å². The molecule has 0 saturated heterocycles. The van der Waals surface area contributed by atoms with Gasteiger partial charge in [-0.25, -0.2) is 4.79 Å². The third kappa shape index (κ3) is 8.85. The highest BCUT2D eigenvalue weighted by atomic mass is 127. The molecule has 1 aliphatic heterocycles. The Hall–Kier alpha value is -1.91. The molecular formula is C19H31IN4O4. The van der Waals surface area contributed by atoms with E-state index < -0.39 is 11.7 Å². The van der Waals surface area contributed by atoms with Gasteiger partial charge in [-0.2, -0.15) is 0 Å². The number of ether oxygens (including phenoxy) is 3. The number of fused-ring (bicyclic) bond motifs is 1. The molecule has 158 valence electrons. The second kappa shape index (κ2) is 11.8. The number of carbonyl (C=O) groups excluding carboxylic acids is 1. The SMILES string of the molecule is CN=C(NCCCNC(=O)OC(C)(C)C)Nc1ccc2c(c1)OCCCO2.I. The summed E-state index contributed by atoms with van der Waals surface area (Å²) in [6, 6.07) is 5.71. The number of aliphatic imine (C=N–C) groups is 1. The van der Waals surface area contributed by atoms with E-state index in [4.69, 9.17) is 14.2 Å². The highest BCUT2D eigenvalue weighted by molar-refractivity contribution is 14.0. The van der Waals surface area contributed by atoms with Gasteiger partial charge in [0.05, 0.1) is 13.2 Å². The van der Waals surface area contributed by atoms with E-state index in [0.29, 0.717) is 32.3 Å². The fourth-order valence-corrected chi connectivity index (χ4v) is 2.36. The normalized spacial score (nSPS) is 13.6. The molecule has 1 heterocycles. The first-order valence-electron chi connectivity index (χ1n) is 9.21. The molecule has 0 unspecified atom stereocenters. The van der Waals surface area contributed by atoms with Gasteiger partial charge in [-0.15, -0.1) is 24.0 Å². The number of benzene rings is 1. The largest absolute Gasteiger partial charge is 0.490 e. The van der Waals surface area contributed by atoms with Crippen LogP contribution in [0.3, 0.4) is 0 Å². The lowest BCUT2D eigenvalue weighted by molar-refractivity contribution is 0.0527. The van der Waals surface area contributed by atoms with Gasteiger partial charge in [0.15, 0.2) is 17.5 Å². The lowest BCUT2D eigenvalue weighted by Gasteiger charge is -2.19. The van der Waals surface area contributed by atoms with Gasteiger partial charge < -0.3 is 30.2 Å². The number of halogens is 1. The molecule has 0 radical (unpaired) electrons. The molecule has 0 spiro atoms. The number of carbonyl (C=O) groups is 1. The fourth-order valence-electron chi connectivity index (χ4n) is 2.36. The highest BCUT2D eigenvalue weighted by Crippen LogP contribution is 2.32. The van der Waals surface area contributed by atoms with E-state index in [-0.39, 0.29) is 24.0 Å². The summed E-state index contributed by atoms with van der Waals surface area (Å²) >= 11 is 0. The molecule has 28 heavy (non-hydrogen) atoms. The minimum atomic E-state index is -0.489. The maximum Gasteiger partial charge on any atom is 0.407 e. The first-order chi connectivity index (χ1) is 12.9. The molecule has 1 aromatic rings. The number of amides is 1. The minimum Gasteiger partial charge on any atom is -0.490 e. The van der Waals surface area contributed by atoms with Crippen molar-refractivity contribution in [3.8, 4) is 11.5 Å². The molecular weight excluding hydrogens is 475 g/mol. The molecule has 0 aromatic heterocycles. The van der Waals surface area contributed by atoms with Crippen molar-refractivity contribution < 1.29 is 19.0 Å². The molecule has 0 saturated carbocycles. The fraction of sp³-hybridized carbons (Fsp3) is 0.579. The van der Waals surface area contributed by atoms with E-state index in [1.807, 2.05) is 39.0 Å². The first-order valence-corrected chi connectivity index (χ1v) is 9.21. The van der Waals surface area contributed by atoms with Crippen molar-refractivity contribution in [2.75, 3.05) is 38.7 Å². The summed E-state index contributed by atoms with van der Waals surface area (Å²) in [7, 11) is 1.71. The van der Waals surface area contributed by atoms with Gasteiger partial charge in [-0.3, -0.25) is 4.99 Å². The standard InChI is InChI=1S/C19H30N4O4.HI/c1-19(2,3)27-18(24)22-10-5-9-21-17(20-4)23-14-7-8-15-16(13-14)26-12-6-11-25-15;/h7-8,13H,5-6,9-12H2,1-4H3,(H,22,24)(H2,20,21,23);1H. The number of alkyl carbamates (subject to hydrolysis) is 1. The van der Waals surface area contributed by atoms with Gasteiger partial charge in [-0.1, -0.05) is 0 Å². The van der Waals surface area contributed by atoms with Crippen molar-refractivity contribution in [2.24, 2.45) is 4.99 Å². The van der Waals surface area contributed by atoms with Crippen LogP contribution in [-0.4, -0.2) is 51.0 Å². The van der Waals surface area contributed by atoms with Crippen molar-refractivity contribution in [3.63, 3.8) is 0 Å². The van der Waals surface area contributed by atoms with Crippen LogP contribution in [-0.2, 0) is 4.74 Å². The average molecular weight is 506 g/mol. The topological polar surface area (TPSA) is 93.2 Å². The minimum absolute atomic E-state index is 0. The van der Waals surface area contributed by atoms with Gasteiger partial charge in [0.25, 0.3) is 0 Å². The molecule has 9 heteroatoms. The predicted molar refractivity (Wildman–Crippen MR) is 121 cm³/mol. The number of nitrogens with one attached hydrogen (secondary N) is 3. The quantitative estimate of drug-likeness (QED) is 0.246. The molecule has 1 aromatic carbocycles. The molecule has 1 aliphatic rings. The zero-order valence-corrected chi connectivity index (χ0v) is 19.3. The summed E-state index contributed by atoms with van der Waals surface area (Å²) in [5.41, 5.74) is 0.371. The Kier molecular flexibility index (Phi) is 10.2. The summed E-state index contributed by atoms with van der Waals surface area (Å²) in [6.07, 6.45) is 1.20. The van der Waals surface area contributed by atoms with Crippen LogP contribution < -0.4 is 25.4 Å². The van der Waals surface area contributed by atoms with E-state index in [1.54, 1.807) is 7.05 Å². The molecule has 0 bridgehead atoms. The smallest absolute Gasteiger partial charge is 0.407 e. The van der Waals surface area contributed by atoms with E-state index in [2.05, 4.69) is 20.9 Å². The highest BCUT2D eigenvalue weighted by Gasteiger charge is 2.15. The van der Waals surface area contributed by atoms with Crippen molar-refractivity contribution in [1.82, 2.24) is 10.6 Å². The van der Waals surface area contributed by atoms with Gasteiger partial charge in [-0.05, 0) is 39.3 Å². The van der Waals surface area contributed by atoms with Crippen LogP contribution in [0, 0.1) is 0 Å². The lowest BCUT2D eigenvalue weighted by Crippen LogP contribution is -2.35. The summed E-state index contributed by atoms with van der Waals surface area (Å²) in [4.78, 5) is 15.8. The van der Waals surface area contributed by atoms with Crippen LogP contribution in [0.5, 0.6) is 11.5 Å². The van der Waals surface area contributed by atoms with Crippen molar-refractivity contribution >= 4 is 41.7 Å². The molecule has 0 fully saturated rings. The summed E-state index contributed by atoms with van der Waals surface area (Å²) in [5, 5.41) is 9.16. The third-order valence-corrected chi connectivity index (χ3v) is 3.55. The monoisotopic (exact) mass is 506 g/mol.